The smallest absolute Gasteiger partial charge is 0.391 e. The molecule has 2 heterocycles. The quantitative estimate of drug-likeness (QED) is 0.472. The molecule has 4 rings (SSSR count). The van der Waals surface area contributed by atoms with Crippen LogP contribution < -0.4 is 10.6 Å². The summed E-state index contributed by atoms with van der Waals surface area (Å²) >= 11 is 5.77. The van der Waals surface area contributed by atoms with Gasteiger partial charge in [-0.05, 0) is 56.2 Å². The van der Waals surface area contributed by atoms with Crippen molar-refractivity contribution >= 4 is 35.1 Å². The Kier molecular flexibility index (Phi) is 8.60. The van der Waals surface area contributed by atoms with Gasteiger partial charge in [0.1, 0.15) is 6.04 Å². The molecule has 0 bridgehead atoms. The number of hydrogen-bond donors (Lipinski definition) is 3. The Morgan fingerprint density at radius 2 is 1.90 bits per heavy atom. The summed E-state index contributed by atoms with van der Waals surface area (Å²) in [6.45, 7) is 7.23. The minimum absolute atomic E-state index is 0.0139. The highest BCUT2D eigenvalue weighted by Crippen LogP contribution is 2.53. The molecule has 9 nitrogen and oxygen atoms in total. The number of likely N-dealkylation sites (tertiary alicyclic amines) is 1. The fraction of sp³-hybridized carbons (Fsp3) is 0.593. The van der Waals surface area contributed by atoms with E-state index in [0.717, 1.165) is 37.5 Å². The number of nitrogens with one attached hydrogen (secondary N) is 2. The van der Waals surface area contributed by atoms with Crippen molar-refractivity contribution in [1.82, 2.24) is 20.0 Å². The van der Waals surface area contributed by atoms with Crippen molar-refractivity contribution in [3.8, 4) is 0 Å². The summed E-state index contributed by atoms with van der Waals surface area (Å²) in [6.07, 6.45) is -1.99. The molecule has 1 spiro atoms. The number of piperidine rings is 1. The Hall–Kier alpha value is -2.99. The number of hydrogen-bond acceptors (Lipinski definition) is 5. The third-order valence-electron chi connectivity index (χ3n) is 8.47. The highest BCUT2D eigenvalue weighted by atomic mass is 35.5. The average Bonchev–Trinajstić information content (AvgIpc) is 3.67. The lowest BCUT2D eigenvalue weighted by Crippen LogP contribution is -2.58. The Morgan fingerprint density at radius 3 is 2.48 bits per heavy atom. The van der Waals surface area contributed by atoms with E-state index in [0.29, 0.717) is 18.8 Å². The molecule has 3 N–H and O–H groups in total. The van der Waals surface area contributed by atoms with E-state index >= 15 is 0 Å². The van der Waals surface area contributed by atoms with Crippen LogP contribution in [0, 0.1) is 5.41 Å². The molecule has 1 saturated carbocycles. The lowest BCUT2D eigenvalue weighted by atomic mass is 9.90. The molecule has 3 atom stereocenters. The van der Waals surface area contributed by atoms with Crippen LogP contribution >= 0.6 is 11.6 Å². The van der Waals surface area contributed by atoms with Gasteiger partial charge in [0, 0.05) is 51.0 Å². The normalized spacial score (nSPS) is 23.2. The summed E-state index contributed by atoms with van der Waals surface area (Å²) in [5.74, 6) is -0.399. The summed E-state index contributed by atoms with van der Waals surface area (Å²) in [4.78, 5) is 43.7. The van der Waals surface area contributed by atoms with Crippen LogP contribution in [0.25, 0.3) is 0 Å². The van der Waals surface area contributed by atoms with Crippen molar-refractivity contribution in [2.75, 3.05) is 38.5 Å². The van der Waals surface area contributed by atoms with Crippen LogP contribution in [-0.4, -0.2) is 89.1 Å². The number of β-amino-alcohol motifs (C(OH)–C–C–N with tert-alkyl or cyclic N) is 1. The van der Waals surface area contributed by atoms with Crippen molar-refractivity contribution in [2.45, 2.75) is 63.4 Å². The number of urea groups is 1. The number of nitrogens with zero attached hydrogens (tertiary/aromatic N) is 3. The van der Waals surface area contributed by atoms with Crippen LogP contribution in [0.3, 0.4) is 0 Å². The third kappa shape index (κ3) is 6.17. The van der Waals surface area contributed by atoms with Gasteiger partial charge in [-0.2, -0.15) is 13.2 Å². The summed E-state index contributed by atoms with van der Waals surface area (Å²) in [7, 11) is 1.51. The van der Waals surface area contributed by atoms with Gasteiger partial charge >= 0.3 is 12.2 Å². The SMILES string of the molecule is C=C1[C@H](C)N(C(=O)Nc2ccc(C(F)(F)F)c(Cl)c2)CCN1[C@@H](CCC(=O)N1CCC2(CC2)[C@H](O)C1)C(=O)NC. The topological polar surface area (TPSA) is 105 Å². The standard InChI is InChI=1S/C27H35ClF3N5O4/c1-16-17(2)36(25(40)33-18-4-5-19(20(28)14-18)27(29,30)31)13-12-35(16)21(24(39)32-3)6-7-23(38)34-11-10-26(8-9-26)22(37)15-34/h4-5,14,17,21-22,37H,1,6-13,15H2,2-3H3,(H,32,39)(H,33,40)/t17-,21-,22+/m0/s1. The zero-order chi connectivity index (χ0) is 29.4. The summed E-state index contributed by atoms with van der Waals surface area (Å²) in [5.41, 5.74) is -0.401. The maximum atomic E-state index is 13.0. The number of carbonyl (C=O) groups excluding carboxylic acids is 3. The molecular formula is C27H35ClF3N5O4. The zero-order valence-electron chi connectivity index (χ0n) is 22.6. The number of aliphatic hydroxyl groups is 1. The first-order valence-electron chi connectivity index (χ1n) is 13.3. The first-order chi connectivity index (χ1) is 18.8. The van der Waals surface area contributed by atoms with Crippen molar-refractivity contribution in [2.24, 2.45) is 5.41 Å². The van der Waals surface area contributed by atoms with Gasteiger partial charge in [-0.25, -0.2) is 4.79 Å². The molecule has 3 aliphatic rings. The molecule has 0 radical (unpaired) electrons. The number of piperazine rings is 1. The van der Waals surface area contributed by atoms with Crippen LogP contribution in [-0.2, 0) is 15.8 Å². The van der Waals surface area contributed by atoms with E-state index in [9.17, 15) is 32.7 Å². The van der Waals surface area contributed by atoms with Crippen LogP contribution in [0.15, 0.2) is 30.5 Å². The Morgan fingerprint density at radius 1 is 1.20 bits per heavy atom. The first-order valence-corrected chi connectivity index (χ1v) is 13.7. The van der Waals surface area contributed by atoms with Crippen LogP contribution in [0.4, 0.5) is 23.7 Å². The molecule has 1 aliphatic carbocycles. The van der Waals surface area contributed by atoms with E-state index in [1.54, 1.807) is 16.7 Å². The number of likely N-dealkylation sites (N-methyl/N-ethyl adjacent to an activating group) is 1. The van der Waals surface area contributed by atoms with Gasteiger partial charge in [-0.3, -0.25) is 9.59 Å². The molecule has 1 aromatic rings. The number of aliphatic hydroxyl groups excluding tert-OH is 1. The molecule has 0 unspecified atom stereocenters. The van der Waals surface area contributed by atoms with E-state index in [4.69, 9.17) is 11.6 Å². The fourth-order valence-corrected chi connectivity index (χ4v) is 5.91. The van der Waals surface area contributed by atoms with Crippen LogP contribution in [0.5, 0.6) is 0 Å². The number of carbonyl (C=O) groups is 3. The van der Waals surface area contributed by atoms with E-state index in [2.05, 4.69) is 17.2 Å². The number of amides is 4. The van der Waals surface area contributed by atoms with Gasteiger partial charge in [0.2, 0.25) is 11.8 Å². The lowest BCUT2D eigenvalue weighted by Gasteiger charge is -2.45. The van der Waals surface area contributed by atoms with Gasteiger partial charge in [0.25, 0.3) is 0 Å². The minimum Gasteiger partial charge on any atom is -0.391 e. The monoisotopic (exact) mass is 585 g/mol. The highest BCUT2D eigenvalue weighted by Gasteiger charge is 2.51. The second-order valence-corrected chi connectivity index (χ2v) is 11.2. The van der Waals surface area contributed by atoms with Gasteiger partial charge in [-0.1, -0.05) is 18.2 Å². The number of halogens is 4. The Bertz CT molecular complexity index is 1180. The van der Waals surface area contributed by atoms with Gasteiger partial charge in [0.05, 0.1) is 22.7 Å². The van der Waals surface area contributed by atoms with Crippen molar-refractivity contribution in [1.29, 1.82) is 0 Å². The molecule has 2 aliphatic heterocycles. The predicted molar refractivity (Wildman–Crippen MR) is 143 cm³/mol. The second-order valence-electron chi connectivity index (χ2n) is 10.8. The molecule has 220 valence electrons. The van der Waals surface area contributed by atoms with Crippen molar-refractivity contribution in [3.05, 3.63) is 41.1 Å². The minimum atomic E-state index is -4.61. The fourth-order valence-electron chi connectivity index (χ4n) is 5.63. The van der Waals surface area contributed by atoms with E-state index in [-0.39, 0.29) is 48.8 Å². The highest BCUT2D eigenvalue weighted by molar-refractivity contribution is 6.31. The van der Waals surface area contributed by atoms with Crippen molar-refractivity contribution in [3.63, 3.8) is 0 Å². The average molecular weight is 586 g/mol. The third-order valence-corrected chi connectivity index (χ3v) is 8.78. The number of rotatable bonds is 6. The summed E-state index contributed by atoms with van der Waals surface area (Å²) < 4.78 is 39.0. The maximum absolute atomic E-state index is 13.0. The molecule has 4 amide bonds. The maximum Gasteiger partial charge on any atom is 0.417 e. The molecule has 1 aromatic carbocycles. The first kappa shape index (κ1) is 30.0. The van der Waals surface area contributed by atoms with Gasteiger partial charge in [-0.15, -0.1) is 0 Å². The molecule has 0 aromatic heterocycles. The van der Waals surface area contributed by atoms with E-state index in [1.807, 2.05) is 0 Å². The molecule has 3 fully saturated rings. The number of anilines is 1. The summed E-state index contributed by atoms with van der Waals surface area (Å²) in [5, 5.41) is 15.1. The zero-order valence-corrected chi connectivity index (χ0v) is 23.3. The lowest BCUT2D eigenvalue weighted by molar-refractivity contribution is -0.138. The van der Waals surface area contributed by atoms with Crippen LogP contribution in [0.1, 0.15) is 44.6 Å². The second kappa shape index (κ2) is 11.5. The van der Waals surface area contributed by atoms with E-state index in [1.165, 1.54) is 11.9 Å². The Labute approximate surface area is 236 Å². The predicted octanol–water partition coefficient (Wildman–Crippen LogP) is 3.68. The molecular weight excluding hydrogens is 551 g/mol. The van der Waals surface area contributed by atoms with Crippen molar-refractivity contribution < 1.29 is 32.7 Å². The van der Waals surface area contributed by atoms with E-state index < -0.39 is 41.0 Å². The molecule has 40 heavy (non-hydrogen) atoms. The largest absolute Gasteiger partial charge is 0.417 e. The Balaban J connectivity index is 1.36. The number of benzene rings is 1. The molecule has 13 heteroatoms. The van der Waals surface area contributed by atoms with Gasteiger partial charge < -0.3 is 30.4 Å². The summed E-state index contributed by atoms with van der Waals surface area (Å²) in [6, 6.07) is 1.21. The van der Waals surface area contributed by atoms with Crippen LogP contribution in [0.2, 0.25) is 5.02 Å². The molecule has 2 saturated heterocycles. The number of alkyl halides is 3. The van der Waals surface area contributed by atoms with Gasteiger partial charge in [0.15, 0.2) is 0 Å².